The number of anilines is 1. The van der Waals surface area contributed by atoms with Crippen molar-refractivity contribution < 1.29 is 4.79 Å². The van der Waals surface area contributed by atoms with Gasteiger partial charge in [-0.2, -0.15) is 5.26 Å². The Bertz CT molecular complexity index is 1290. The Morgan fingerprint density at radius 3 is 2.17 bits per heavy atom. The van der Waals surface area contributed by atoms with Crippen molar-refractivity contribution in [3.05, 3.63) is 114 Å². The highest BCUT2D eigenvalue weighted by Crippen LogP contribution is 2.23. The van der Waals surface area contributed by atoms with Gasteiger partial charge < -0.3 is 10.6 Å². The third-order valence-corrected chi connectivity index (χ3v) is 5.90. The van der Waals surface area contributed by atoms with Crippen molar-refractivity contribution in [1.82, 2.24) is 15.3 Å². The van der Waals surface area contributed by atoms with Gasteiger partial charge in [-0.1, -0.05) is 61.5 Å². The normalized spacial score (nSPS) is 12.4. The molecule has 1 amide bonds. The highest BCUT2D eigenvalue weighted by Gasteiger charge is 2.21. The number of carbonyl (C=O) groups excluding carboxylic acids is 1. The van der Waals surface area contributed by atoms with Crippen LogP contribution in [0.2, 0.25) is 0 Å². The van der Waals surface area contributed by atoms with Crippen LogP contribution in [-0.4, -0.2) is 22.4 Å². The first kappa shape index (κ1) is 23.8. The fourth-order valence-electron chi connectivity index (χ4n) is 3.81. The molecule has 1 aromatic heterocycles. The summed E-state index contributed by atoms with van der Waals surface area (Å²) in [5, 5.41) is 15.5. The molecule has 2 atom stereocenters. The molecule has 174 valence electrons. The van der Waals surface area contributed by atoms with E-state index in [0.717, 1.165) is 33.8 Å². The zero-order valence-electron chi connectivity index (χ0n) is 19.8. The lowest BCUT2D eigenvalue weighted by Gasteiger charge is -2.22. The lowest BCUT2D eigenvalue weighted by atomic mass is 9.98. The number of amides is 1. The van der Waals surface area contributed by atoms with E-state index >= 15 is 0 Å². The second-order valence-corrected chi connectivity index (χ2v) is 8.47. The van der Waals surface area contributed by atoms with Crippen LogP contribution in [0.4, 0.5) is 5.69 Å². The number of aryl methyl sites for hydroxylation is 1. The van der Waals surface area contributed by atoms with Crippen LogP contribution < -0.4 is 10.6 Å². The van der Waals surface area contributed by atoms with Crippen LogP contribution in [0.15, 0.2) is 91.3 Å². The molecule has 0 fully saturated rings. The SMILES string of the molecule is Cc1ncc(-c2ccc(NC(=O)C(NC[C@H](C)c3ccc(C#N)cc3)c3ccccc3)cc2)cn1. The van der Waals surface area contributed by atoms with Crippen molar-refractivity contribution in [2.24, 2.45) is 0 Å². The molecule has 1 heterocycles. The van der Waals surface area contributed by atoms with Crippen molar-refractivity contribution in [3.63, 3.8) is 0 Å². The van der Waals surface area contributed by atoms with E-state index in [1.165, 1.54) is 0 Å². The molecule has 3 aromatic carbocycles. The second-order valence-electron chi connectivity index (χ2n) is 8.47. The summed E-state index contributed by atoms with van der Waals surface area (Å²) >= 11 is 0. The number of rotatable bonds is 8. The summed E-state index contributed by atoms with van der Waals surface area (Å²) in [6.07, 6.45) is 3.58. The Morgan fingerprint density at radius 2 is 1.54 bits per heavy atom. The fraction of sp³-hybridized carbons (Fsp3) is 0.172. The van der Waals surface area contributed by atoms with Crippen molar-refractivity contribution in [3.8, 4) is 17.2 Å². The number of nitriles is 1. The van der Waals surface area contributed by atoms with Gasteiger partial charge in [0.15, 0.2) is 0 Å². The molecule has 2 N–H and O–H groups in total. The van der Waals surface area contributed by atoms with Gasteiger partial charge in [-0.25, -0.2) is 9.97 Å². The average Bonchev–Trinajstić information content (AvgIpc) is 2.90. The van der Waals surface area contributed by atoms with Crippen molar-refractivity contribution in [2.75, 3.05) is 11.9 Å². The van der Waals surface area contributed by atoms with E-state index in [0.29, 0.717) is 12.1 Å². The van der Waals surface area contributed by atoms with E-state index in [2.05, 4.69) is 33.6 Å². The Labute approximate surface area is 205 Å². The topological polar surface area (TPSA) is 90.7 Å². The maximum absolute atomic E-state index is 13.3. The number of benzene rings is 3. The number of aromatic nitrogens is 2. The van der Waals surface area contributed by atoms with Crippen LogP contribution in [0.3, 0.4) is 0 Å². The van der Waals surface area contributed by atoms with Gasteiger partial charge >= 0.3 is 0 Å². The third kappa shape index (κ3) is 6.17. The van der Waals surface area contributed by atoms with E-state index in [4.69, 9.17) is 5.26 Å². The van der Waals surface area contributed by atoms with Crippen LogP contribution >= 0.6 is 0 Å². The molecule has 0 aliphatic rings. The van der Waals surface area contributed by atoms with Gasteiger partial charge in [-0.05, 0) is 53.8 Å². The van der Waals surface area contributed by atoms with Gasteiger partial charge in [-0.3, -0.25) is 4.79 Å². The van der Waals surface area contributed by atoms with E-state index in [1.807, 2.05) is 85.8 Å². The lowest BCUT2D eigenvalue weighted by molar-refractivity contribution is -0.118. The van der Waals surface area contributed by atoms with Gasteiger partial charge in [0.25, 0.3) is 0 Å². The van der Waals surface area contributed by atoms with Crippen molar-refractivity contribution in [2.45, 2.75) is 25.8 Å². The van der Waals surface area contributed by atoms with E-state index in [9.17, 15) is 4.79 Å². The summed E-state index contributed by atoms with van der Waals surface area (Å²) in [7, 11) is 0. The molecule has 0 saturated carbocycles. The third-order valence-electron chi connectivity index (χ3n) is 5.90. The second kappa shape index (κ2) is 11.2. The predicted molar refractivity (Wildman–Crippen MR) is 138 cm³/mol. The molecule has 0 saturated heterocycles. The minimum absolute atomic E-state index is 0.130. The van der Waals surface area contributed by atoms with Gasteiger partial charge in [0.1, 0.15) is 11.9 Å². The Balaban J connectivity index is 1.46. The smallest absolute Gasteiger partial charge is 0.246 e. The van der Waals surface area contributed by atoms with Gasteiger partial charge in [0, 0.05) is 30.2 Å². The maximum atomic E-state index is 13.3. The minimum atomic E-state index is -0.512. The molecule has 6 nitrogen and oxygen atoms in total. The highest BCUT2D eigenvalue weighted by atomic mass is 16.2. The van der Waals surface area contributed by atoms with Crippen LogP contribution in [0.5, 0.6) is 0 Å². The number of hydrogen-bond donors (Lipinski definition) is 2. The molecule has 4 rings (SSSR count). The first-order valence-corrected chi connectivity index (χ1v) is 11.5. The summed E-state index contributed by atoms with van der Waals surface area (Å²) in [6.45, 7) is 4.55. The first-order chi connectivity index (χ1) is 17.0. The van der Waals surface area contributed by atoms with Crippen molar-refractivity contribution in [1.29, 1.82) is 5.26 Å². The molecule has 0 aliphatic heterocycles. The summed E-state index contributed by atoms with van der Waals surface area (Å²) < 4.78 is 0. The number of hydrogen-bond acceptors (Lipinski definition) is 5. The van der Waals surface area contributed by atoms with E-state index in [-0.39, 0.29) is 11.8 Å². The fourth-order valence-corrected chi connectivity index (χ4v) is 3.81. The van der Waals surface area contributed by atoms with Crippen LogP contribution in [0.25, 0.3) is 11.1 Å². The minimum Gasteiger partial charge on any atom is -0.324 e. The largest absolute Gasteiger partial charge is 0.324 e. The summed E-state index contributed by atoms with van der Waals surface area (Å²) in [4.78, 5) is 21.8. The molecule has 0 aliphatic carbocycles. The standard InChI is InChI=1S/C29H27N5O/c1-20(23-10-8-22(16-30)9-11-23)17-33-28(25-6-4-3-5-7-25)29(35)34-27-14-12-24(13-15-27)26-18-31-21(2)32-19-26/h3-15,18-20,28,33H,17H2,1-2H3,(H,34,35)/t20-,28?/m0/s1. The first-order valence-electron chi connectivity index (χ1n) is 11.5. The quantitative estimate of drug-likeness (QED) is 0.367. The monoisotopic (exact) mass is 461 g/mol. The zero-order chi connectivity index (χ0) is 24.6. The number of nitrogens with one attached hydrogen (secondary N) is 2. The molecule has 4 aromatic rings. The zero-order valence-corrected chi connectivity index (χ0v) is 19.8. The molecule has 6 heteroatoms. The molecular weight excluding hydrogens is 434 g/mol. The van der Waals surface area contributed by atoms with Crippen LogP contribution in [0, 0.1) is 18.3 Å². The molecule has 0 spiro atoms. The van der Waals surface area contributed by atoms with E-state index in [1.54, 1.807) is 12.4 Å². The highest BCUT2D eigenvalue weighted by molar-refractivity contribution is 5.95. The summed E-state index contributed by atoms with van der Waals surface area (Å²) in [5.74, 6) is 0.762. The average molecular weight is 462 g/mol. The summed E-state index contributed by atoms with van der Waals surface area (Å²) in [6, 6.07) is 26.5. The molecule has 0 radical (unpaired) electrons. The van der Waals surface area contributed by atoms with E-state index < -0.39 is 6.04 Å². The van der Waals surface area contributed by atoms with Gasteiger partial charge in [0.2, 0.25) is 5.91 Å². The Hall–Kier alpha value is -4.34. The molecular formula is C29H27N5O. The van der Waals surface area contributed by atoms with Crippen LogP contribution in [0.1, 0.15) is 41.4 Å². The Morgan fingerprint density at radius 1 is 0.886 bits per heavy atom. The number of nitrogens with zero attached hydrogens (tertiary/aromatic N) is 3. The molecule has 0 bridgehead atoms. The lowest BCUT2D eigenvalue weighted by Crippen LogP contribution is -2.35. The van der Waals surface area contributed by atoms with Crippen molar-refractivity contribution >= 4 is 11.6 Å². The Kier molecular flexibility index (Phi) is 7.61. The molecule has 35 heavy (non-hydrogen) atoms. The van der Waals surface area contributed by atoms with Crippen LogP contribution in [-0.2, 0) is 4.79 Å². The van der Waals surface area contributed by atoms with Gasteiger partial charge in [0.05, 0.1) is 11.6 Å². The van der Waals surface area contributed by atoms with Gasteiger partial charge in [-0.15, -0.1) is 0 Å². The molecule has 1 unspecified atom stereocenters. The number of carbonyl (C=O) groups is 1. The summed E-state index contributed by atoms with van der Waals surface area (Å²) in [5.41, 5.74) is 5.27. The predicted octanol–water partition coefficient (Wildman–Crippen LogP) is 5.40. The maximum Gasteiger partial charge on any atom is 0.246 e.